The average molecular weight is 1040 g/mol. The molecule has 0 saturated carbocycles. The van der Waals surface area contributed by atoms with Crippen molar-refractivity contribution >= 4 is 50.6 Å². The third-order valence-electron chi connectivity index (χ3n) is 16.4. The molecule has 3 aliphatic carbocycles. The van der Waals surface area contributed by atoms with E-state index in [1.807, 2.05) is 60.7 Å². The number of aromatic nitrogens is 2. The highest BCUT2D eigenvalue weighted by Gasteiger charge is 2.52. The zero-order chi connectivity index (χ0) is 54.0. The first-order chi connectivity index (χ1) is 40.0. The van der Waals surface area contributed by atoms with Gasteiger partial charge < -0.3 is 18.6 Å². The van der Waals surface area contributed by atoms with Gasteiger partial charge in [-0.2, -0.15) is 0 Å². The number of benzene rings is 9. The molecule has 10 aromatic carbocycles. The number of fused-ring (bicyclic) bond motifs is 12. The van der Waals surface area contributed by atoms with Gasteiger partial charge in [-0.25, -0.2) is 9.97 Å². The van der Waals surface area contributed by atoms with E-state index >= 15 is 0 Å². The van der Waals surface area contributed by atoms with Crippen LogP contribution in [-0.2, 0) is 5.41 Å². The van der Waals surface area contributed by atoms with Crippen LogP contribution in [0.4, 0.5) is 28.4 Å². The van der Waals surface area contributed by atoms with Crippen LogP contribution in [0.25, 0.3) is 78.5 Å². The van der Waals surface area contributed by atoms with Crippen LogP contribution in [0.3, 0.4) is 0 Å². The van der Waals surface area contributed by atoms with Crippen molar-refractivity contribution in [3.05, 3.63) is 306 Å². The Morgan fingerprint density at radius 3 is 1.56 bits per heavy atom. The molecule has 0 amide bonds. The van der Waals surface area contributed by atoms with E-state index in [2.05, 4.69) is 230 Å². The first-order valence-corrected chi connectivity index (χ1v) is 27.7. The van der Waals surface area contributed by atoms with E-state index in [0.717, 1.165) is 91.4 Å². The molecule has 2 heterocycles. The lowest BCUT2D eigenvalue weighted by Gasteiger charge is -2.33. The lowest BCUT2D eigenvalue weighted by molar-refractivity contribution is 0.619. The second kappa shape index (κ2) is 19.5. The van der Waals surface area contributed by atoms with Crippen molar-refractivity contribution in [2.75, 3.05) is 9.80 Å². The maximum absolute atomic E-state index is 6.26. The summed E-state index contributed by atoms with van der Waals surface area (Å²) in [6.07, 6.45) is 13.5. The fourth-order valence-electron chi connectivity index (χ4n) is 12.5. The Morgan fingerprint density at radius 1 is 0.469 bits per heavy atom. The molecule has 0 N–H and O–H groups in total. The van der Waals surface area contributed by atoms with E-state index in [0.29, 0.717) is 11.8 Å². The predicted octanol–water partition coefficient (Wildman–Crippen LogP) is 19.6. The monoisotopic (exact) mass is 1040 g/mol. The van der Waals surface area contributed by atoms with Gasteiger partial charge in [-0.05, 0) is 227 Å². The van der Waals surface area contributed by atoms with Crippen LogP contribution < -0.4 is 9.80 Å². The number of anilines is 5. The molecule has 0 radical (unpaired) electrons. The molecule has 3 aliphatic rings. The summed E-state index contributed by atoms with van der Waals surface area (Å²) in [4.78, 5) is 14.5. The predicted molar refractivity (Wildman–Crippen MR) is 329 cm³/mol. The molecule has 0 saturated heterocycles. The quantitative estimate of drug-likeness (QED) is 0.120. The van der Waals surface area contributed by atoms with Crippen molar-refractivity contribution in [3.8, 4) is 56.3 Å². The molecule has 6 heteroatoms. The van der Waals surface area contributed by atoms with Gasteiger partial charge in [0.05, 0.1) is 5.41 Å². The Labute approximate surface area is 471 Å². The third-order valence-corrected chi connectivity index (χ3v) is 16.4. The molecule has 15 rings (SSSR count). The van der Waals surface area contributed by atoms with Gasteiger partial charge in [-0.15, -0.1) is 0 Å². The number of allylic oxidation sites excluding steroid dienone is 8. The second-order valence-electron chi connectivity index (χ2n) is 21.1. The van der Waals surface area contributed by atoms with E-state index in [1.165, 1.54) is 55.7 Å². The minimum atomic E-state index is -0.659. The number of oxazole rings is 2. The van der Waals surface area contributed by atoms with Crippen molar-refractivity contribution < 1.29 is 8.83 Å². The lowest BCUT2D eigenvalue weighted by atomic mass is 9.70. The molecule has 6 nitrogen and oxygen atoms in total. The van der Waals surface area contributed by atoms with Crippen LogP contribution in [0.1, 0.15) is 48.9 Å². The zero-order valence-electron chi connectivity index (χ0n) is 44.8. The Bertz CT molecular complexity index is 4460. The molecular weight excluding hydrogens is 989 g/mol. The molecular formula is C75H52N4O2. The Balaban J connectivity index is 0.898. The van der Waals surface area contributed by atoms with E-state index in [-0.39, 0.29) is 0 Å². The zero-order valence-corrected chi connectivity index (χ0v) is 44.8. The number of hydrogen-bond donors (Lipinski definition) is 0. The van der Waals surface area contributed by atoms with Gasteiger partial charge >= 0.3 is 0 Å². The summed E-state index contributed by atoms with van der Waals surface area (Å²) in [6.45, 7) is 4.42. The molecule has 1 unspecified atom stereocenters. The first-order valence-electron chi connectivity index (χ1n) is 27.7. The summed E-state index contributed by atoms with van der Waals surface area (Å²) in [7, 11) is 0. The van der Waals surface area contributed by atoms with E-state index in [1.54, 1.807) is 0 Å². The SMILES string of the molecule is C/C(=C\C=C(/C)N(c1ccc(-c2nc3ccccc3o2)cc1)c1ccc2c(c1)C1(c3ccccc3-2)c2ccccc2-c2ccc(N(c3ccc(-c4cc#ccc4)cc3)c3ccc(-c4nc5ccccc5o4)cc3)cc21)C1=CCCC=C1. The van der Waals surface area contributed by atoms with Crippen LogP contribution >= 0.6 is 0 Å². The van der Waals surface area contributed by atoms with E-state index in [9.17, 15) is 0 Å². The van der Waals surface area contributed by atoms with Gasteiger partial charge in [-0.1, -0.05) is 133 Å². The molecule has 1 spiro atoms. The molecule has 2 aromatic heterocycles. The Morgan fingerprint density at radius 2 is 0.988 bits per heavy atom. The number of rotatable bonds is 11. The maximum atomic E-state index is 6.26. The van der Waals surface area contributed by atoms with Gasteiger partial charge in [0.1, 0.15) is 11.0 Å². The Hall–Kier alpha value is -10.5. The minimum Gasteiger partial charge on any atom is -0.436 e. The summed E-state index contributed by atoms with van der Waals surface area (Å²) >= 11 is 0. The topological polar surface area (TPSA) is 58.5 Å². The summed E-state index contributed by atoms with van der Waals surface area (Å²) in [5.74, 6) is 1.19. The van der Waals surface area contributed by atoms with Crippen LogP contribution in [-0.4, -0.2) is 9.97 Å². The summed E-state index contributed by atoms with van der Waals surface area (Å²) in [6, 6.07) is 86.3. The maximum Gasteiger partial charge on any atom is 0.227 e. The first kappa shape index (κ1) is 47.7. The van der Waals surface area contributed by atoms with E-state index < -0.39 is 5.41 Å². The van der Waals surface area contributed by atoms with Crippen molar-refractivity contribution in [3.63, 3.8) is 0 Å². The van der Waals surface area contributed by atoms with Crippen molar-refractivity contribution in [1.82, 2.24) is 9.97 Å². The van der Waals surface area contributed by atoms with Gasteiger partial charge in [0.15, 0.2) is 11.2 Å². The van der Waals surface area contributed by atoms with Crippen LogP contribution in [0.15, 0.2) is 281 Å². The number of para-hydroxylation sites is 4. The number of hydrogen-bond acceptors (Lipinski definition) is 6. The summed E-state index contributed by atoms with van der Waals surface area (Å²) in [5, 5.41) is 0. The molecule has 0 bridgehead atoms. The molecule has 0 fully saturated rings. The molecule has 12 aromatic rings. The van der Waals surface area contributed by atoms with Gasteiger partial charge in [0, 0.05) is 45.3 Å². The largest absolute Gasteiger partial charge is 0.436 e. The minimum absolute atomic E-state index is 0.591. The second-order valence-corrected chi connectivity index (χ2v) is 21.1. The third kappa shape index (κ3) is 8.04. The number of nitrogens with zero attached hydrogens (tertiary/aromatic N) is 4. The van der Waals surface area contributed by atoms with Crippen molar-refractivity contribution in [1.29, 1.82) is 0 Å². The fourth-order valence-corrected chi connectivity index (χ4v) is 12.5. The lowest BCUT2D eigenvalue weighted by Crippen LogP contribution is -2.26. The average Bonchev–Trinajstić information content (AvgIpc) is 2.29. The summed E-state index contributed by atoms with van der Waals surface area (Å²) < 4.78 is 12.5. The molecule has 0 aliphatic heterocycles. The standard InChI is InChI=1S/C75H52N4O2/c1-49(51-17-5-3-6-18-51)29-30-50(2)78(56-39-33-54(34-40-56)73-76-69-25-13-15-27-71(69)80-73)59-43-45-63-61-21-9-11-23-65(61)75(67(63)47-59)66-24-12-10-22-62(66)64-46-44-60(48-68(64)75)79(57-37-31-53(32-38-57)52-19-7-4-8-20-52)58-41-35-55(36-42-58)74-77-70-26-14-16-28-72(70)81-74/h5,7,9-48H,3,6H2,1-2H3/b49-29+,50-30+. The smallest absolute Gasteiger partial charge is 0.227 e. The van der Waals surface area contributed by atoms with E-state index in [4.69, 9.17) is 18.8 Å². The van der Waals surface area contributed by atoms with Crippen molar-refractivity contribution in [2.24, 2.45) is 0 Å². The van der Waals surface area contributed by atoms with Crippen LogP contribution in [0.2, 0.25) is 0 Å². The highest BCUT2D eigenvalue weighted by Crippen LogP contribution is 2.64. The fraction of sp³-hybridized carbons (Fsp3) is 0.0667. The van der Waals surface area contributed by atoms with Gasteiger partial charge in [-0.3, -0.25) is 0 Å². The van der Waals surface area contributed by atoms with Crippen LogP contribution in [0, 0.1) is 12.1 Å². The normalized spacial score (nSPS) is 15.1. The van der Waals surface area contributed by atoms with Crippen LogP contribution in [0.5, 0.6) is 0 Å². The van der Waals surface area contributed by atoms with Gasteiger partial charge in [0.25, 0.3) is 0 Å². The Kier molecular flexibility index (Phi) is 11.5. The molecule has 384 valence electrons. The highest BCUT2D eigenvalue weighted by atomic mass is 16.4. The molecule has 1 atom stereocenters. The van der Waals surface area contributed by atoms with Crippen molar-refractivity contribution in [2.45, 2.75) is 32.1 Å². The van der Waals surface area contributed by atoms with Gasteiger partial charge in [0.2, 0.25) is 11.8 Å². The summed E-state index contributed by atoms with van der Waals surface area (Å²) in [5.41, 5.74) is 25.2. The highest BCUT2D eigenvalue weighted by molar-refractivity contribution is 5.97. The molecule has 81 heavy (non-hydrogen) atoms.